The molecule has 3 rings (SSSR count). The van der Waals surface area contributed by atoms with Gasteiger partial charge >= 0.3 is 5.97 Å². The number of carbonyl (C=O) groups excluding carboxylic acids is 3. The van der Waals surface area contributed by atoms with Gasteiger partial charge in [0.1, 0.15) is 5.01 Å². The Bertz CT molecular complexity index is 1110. The van der Waals surface area contributed by atoms with Crippen LogP contribution >= 0.6 is 11.3 Å². The quantitative estimate of drug-likeness (QED) is 0.412. The van der Waals surface area contributed by atoms with Crippen molar-refractivity contribution in [1.29, 1.82) is 0 Å². The molecule has 1 amide bonds. The van der Waals surface area contributed by atoms with Gasteiger partial charge in [0.25, 0.3) is 0 Å². The van der Waals surface area contributed by atoms with Crippen LogP contribution in [0.2, 0.25) is 0 Å². The number of Topliss-reactive ketones (excluding diaryl/α,β-unsaturated/α-hetero) is 1. The number of hydrogen-bond acceptors (Lipinski definition) is 6. The molecular formula is C23H25N3O4S. The molecule has 0 aliphatic carbocycles. The van der Waals surface area contributed by atoms with E-state index < -0.39 is 5.97 Å². The molecule has 0 aliphatic heterocycles. The largest absolute Gasteiger partial charge is 0.465 e. The molecule has 0 radical (unpaired) electrons. The van der Waals surface area contributed by atoms with E-state index in [0.717, 1.165) is 16.3 Å². The normalized spacial score (nSPS) is 10.7. The summed E-state index contributed by atoms with van der Waals surface area (Å²) in [7, 11) is 1.27. The predicted molar refractivity (Wildman–Crippen MR) is 120 cm³/mol. The van der Waals surface area contributed by atoms with E-state index in [1.54, 1.807) is 18.3 Å². The number of aryl methyl sites for hydroxylation is 1. The van der Waals surface area contributed by atoms with Crippen LogP contribution in [0.4, 0.5) is 0 Å². The highest BCUT2D eigenvalue weighted by Crippen LogP contribution is 2.24. The van der Waals surface area contributed by atoms with Crippen molar-refractivity contribution in [3.05, 3.63) is 63.4 Å². The number of aromatic amines is 1. The molecule has 0 saturated carbocycles. The maximum atomic E-state index is 12.4. The van der Waals surface area contributed by atoms with Crippen LogP contribution < -0.4 is 5.32 Å². The minimum absolute atomic E-state index is 0.0514. The number of nitrogens with zero attached hydrogens (tertiary/aromatic N) is 1. The van der Waals surface area contributed by atoms with Crippen molar-refractivity contribution in [3.8, 4) is 10.6 Å². The monoisotopic (exact) mass is 439 g/mol. The third-order valence-corrected chi connectivity index (χ3v) is 5.90. The zero-order valence-corrected chi connectivity index (χ0v) is 18.8. The molecular weight excluding hydrogens is 414 g/mol. The van der Waals surface area contributed by atoms with Gasteiger partial charge in [0.05, 0.1) is 30.5 Å². The average Bonchev–Trinajstić information content (AvgIpc) is 3.33. The van der Waals surface area contributed by atoms with E-state index in [2.05, 4.69) is 27.4 Å². The maximum absolute atomic E-state index is 12.4. The Hall–Kier alpha value is -3.26. The summed E-state index contributed by atoms with van der Waals surface area (Å²) in [4.78, 5) is 43.9. The molecule has 7 nitrogen and oxygen atoms in total. The van der Waals surface area contributed by atoms with Crippen LogP contribution in [0.25, 0.3) is 10.6 Å². The second-order valence-corrected chi connectivity index (χ2v) is 8.17. The number of rotatable bonds is 8. The Kier molecular flexibility index (Phi) is 7.02. The first-order valence-corrected chi connectivity index (χ1v) is 10.8. The van der Waals surface area contributed by atoms with Crippen molar-refractivity contribution >= 4 is 29.0 Å². The summed E-state index contributed by atoms with van der Waals surface area (Å²) in [5.41, 5.74) is 4.61. The summed E-state index contributed by atoms with van der Waals surface area (Å²) in [5, 5.41) is 5.78. The molecule has 0 atom stereocenters. The molecule has 8 heteroatoms. The number of H-pyrrole nitrogens is 1. The van der Waals surface area contributed by atoms with Crippen LogP contribution in [0.5, 0.6) is 0 Å². The maximum Gasteiger partial charge on any atom is 0.339 e. The number of hydrogen-bond donors (Lipinski definition) is 2. The molecule has 0 spiro atoms. The standard InChI is InChI=1S/C23H25N3O4S/c1-13-5-7-16(8-6-13)22-25-17(12-31-22)9-10-24-19(28)11-18-20(23(29)30-4)14(2)21(26-18)15(3)27/h5-8,12,26H,9-11H2,1-4H3,(H,24,28). The summed E-state index contributed by atoms with van der Waals surface area (Å²) >= 11 is 1.57. The van der Waals surface area contributed by atoms with Gasteiger partial charge in [0.15, 0.2) is 5.78 Å². The van der Waals surface area contributed by atoms with Crippen LogP contribution in [0.15, 0.2) is 29.6 Å². The number of carbonyl (C=O) groups is 3. The predicted octanol–water partition coefficient (Wildman–Crippen LogP) is 3.65. The Morgan fingerprint density at radius 2 is 1.87 bits per heavy atom. The Balaban J connectivity index is 1.60. The smallest absolute Gasteiger partial charge is 0.339 e. The molecule has 31 heavy (non-hydrogen) atoms. The zero-order chi connectivity index (χ0) is 22.5. The summed E-state index contributed by atoms with van der Waals surface area (Å²) in [6, 6.07) is 8.20. The first-order chi connectivity index (χ1) is 14.8. The topological polar surface area (TPSA) is 101 Å². The summed E-state index contributed by atoms with van der Waals surface area (Å²) in [6.45, 7) is 5.53. The van der Waals surface area contributed by atoms with Crippen molar-refractivity contribution in [3.63, 3.8) is 0 Å². The Morgan fingerprint density at radius 3 is 2.52 bits per heavy atom. The number of methoxy groups -OCH3 is 1. The number of ketones is 1. The molecule has 1 aromatic carbocycles. The van der Waals surface area contributed by atoms with E-state index >= 15 is 0 Å². The van der Waals surface area contributed by atoms with E-state index in [1.807, 2.05) is 24.4 Å². The van der Waals surface area contributed by atoms with Crippen LogP contribution in [-0.4, -0.2) is 41.3 Å². The van der Waals surface area contributed by atoms with E-state index in [-0.39, 0.29) is 23.7 Å². The van der Waals surface area contributed by atoms with E-state index in [9.17, 15) is 14.4 Å². The molecule has 0 bridgehead atoms. The Morgan fingerprint density at radius 1 is 1.16 bits per heavy atom. The lowest BCUT2D eigenvalue weighted by atomic mass is 10.1. The van der Waals surface area contributed by atoms with Crippen molar-refractivity contribution in [2.45, 2.75) is 33.6 Å². The number of benzene rings is 1. The first kappa shape index (κ1) is 22.4. The molecule has 162 valence electrons. The highest BCUT2D eigenvalue weighted by molar-refractivity contribution is 7.13. The summed E-state index contributed by atoms with van der Waals surface area (Å²) < 4.78 is 4.81. The van der Waals surface area contributed by atoms with Gasteiger partial charge in [-0.2, -0.15) is 0 Å². The molecule has 0 unspecified atom stereocenters. The number of amides is 1. The van der Waals surface area contributed by atoms with Gasteiger partial charge in [0, 0.05) is 36.5 Å². The van der Waals surface area contributed by atoms with E-state index in [0.29, 0.717) is 29.9 Å². The molecule has 0 aliphatic rings. The lowest BCUT2D eigenvalue weighted by Crippen LogP contribution is -2.28. The fourth-order valence-electron chi connectivity index (χ4n) is 3.33. The number of nitrogens with one attached hydrogen (secondary N) is 2. The number of ether oxygens (including phenoxy) is 1. The molecule has 0 fully saturated rings. The minimum atomic E-state index is -0.574. The van der Waals surface area contributed by atoms with Crippen molar-refractivity contribution in [1.82, 2.24) is 15.3 Å². The van der Waals surface area contributed by atoms with Crippen LogP contribution in [-0.2, 0) is 22.4 Å². The highest BCUT2D eigenvalue weighted by atomic mass is 32.1. The van der Waals surface area contributed by atoms with Crippen molar-refractivity contribution in [2.75, 3.05) is 13.7 Å². The van der Waals surface area contributed by atoms with Crippen LogP contribution in [0, 0.1) is 13.8 Å². The molecule has 3 aromatic rings. The van der Waals surface area contributed by atoms with Gasteiger partial charge in [-0.05, 0) is 19.4 Å². The summed E-state index contributed by atoms with van der Waals surface area (Å²) in [6.07, 6.45) is 0.546. The third kappa shape index (κ3) is 5.27. The number of thiazole rings is 1. The SMILES string of the molecule is COC(=O)c1c(CC(=O)NCCc2csc(-c3ccc(C)cc3)n2)[nH]c(C(C)=O)c1C. The van der Waals surface area contributed by atoms with Gasteiger partial charge in [-0.1, -0.05) is 29.8 Å². The fraction of sp³-hybridized carbons (Fsp3) is 0.304. The van der Waals surface area contributed by atoms with E-state index in [1.165, 1.54) is 19.6 Å². The highest BCUT2D eigenvalue weighted by Gasteiger charge is 2.24. The second-order valence-electron chi connectivity index (χ2n) is 7.31. The second kappa shape index (κ2) is 9.70. The molecule has 2 N–H and O–H groups in total. The van der Waals surface area contributed by atoms with Gasteiger partial charge in [-0.25, -0.2) is 9.78 Å². The van der Waals surface area contributed by atoms with Gasteiger partial charge in [-0.3, -0.25) is 9.59 Å². The fourth-order valence-corrected chi connectivity index (χ4v) is 4.19. The van der Waals surface area contributed by atoms with Gasteiger partial charge < -0.3 is 15.0 Å². The number of aromatic nitrogens is 2. The third-order valence-electron chi connectivity index (χ3n) is 4.96. The Labute approximate surface area is 184 Å². The molecule has 2 heterocycles. The van der Waals surface area contributed by atoms with Crippen LogP contribution in [0.1, 0.15) is 50.3 Å². The summed E-state index contributed by atoms with van der Waals surface area (Å²) in [5.74, 6) is -1.03. The van der Waals surface area contributed by atoms with Gasteiger partial charge in [-0.15, -0.1) is 11.3 Å². The zero-order valence-electron chi connectivity index (χ0n) is 18.0. The first-order valence-electron chi connectivity index (χ1n) is 9.89. The minimum Gasteiger partial charge on any atom is -0.465 e. The van der Waals surface area contributed by atoms with Crippen molar-refractivity contribution in [2.24, 2.45) is 0 Å². The molecule has 2 aromatic heterocycles. The number of esters is 1. The van der Waals surface area contributed by atoms with Crippen molar-refractivity contribution < 1.29 is 19.1 Å². The van der Waals surface area contributed by atoms with Gasteiger partial charge in [0.2, 0.25) is 5.91 Å². The lowest BCUT2D eigenvalue weighted by molar-refractivity contribution is -0.120. The van der Waals surface area contributed by atoms with Crippen LogP contribution in [0.3, 0.4) is 0 Å². The lowest BCUT2D eigenvalue weighted by Gasteiger charge is -2.05. The average molecular weight is 440 g/mol. The molecule has 0 saturated heterocycles. The van der Waals surface area contributed by atoms with E-state index in [4.69, 9.17) is 4.74 Å².